The molecule has 0 aliphatic heterocycles. The summed E-state index contributed by atoms with van der Waals surface area (Å²) >= 11 is 0. The highest BCUT2D eigenvalue weighted by atomic mass is 16.6. The molecule has 0 aliphatic rings. The Morgan fingerprint density at radius 2 is 1.69 bits per heavy atom. The Kier molecular flexibility index (Phi) is 13.6. The number of hydrogen-bond donors (Lipinski definition) is 0. The number of allylic oxidation sites excluding steroid dienone is 1. The molecule has 5 nitrogen and oxygen atoms in total. The molecule has 0 saturated heterocycles. The number of benzene rings is 2. The molecule has 0 atom stereocenters. The van der Waals surface area contributed by atoms with Crippen LogP contribution in [0.5, 0.6) is 11.5 Å². The normalized spacial score (nSPS) is 11.9. The third kappa shape index (κ3) is 11.0. The Hall–Kier alpha value is -2.79. The highest BCUT2D eigenvalue weighted by Gasteiger charge is 2.10. The summed E-state index contributed by atoms with van der Waals surface area (Å²) in [5, 5.41) is 4.29. The summed E-state index contributed by atoms with van der Waals surface area (Å²) in [6.45, 7) is 12.6. The van der Waals surface area contributed by atoms with E-state index in [9.17, 15) is 0 Å². The van der Waals surface area contributed by atoms with Crippen LogP contribution in [0.2, 0.25) is 0 Å². The van der Waals surface area contributed by atoms with E-state index in [-0.39, 0.29) is 0 Å². The van der Waals surface area contributed by atoms with Crippen LogP contribution in [0, 0.1) is 13.8 Å². The Bertz CT molecular complexity index is 886. The van der Waals surface area contributed by atoms with Gasteiger partial charge in [0.2, 0.25) is 0 Å². The van der Waals surface area contributed by atoms with Gasteiger partial charge in [-0.3, -0.25) is 4.90 Å². The standard InChI is InChI=1S/C30H44N2O3/c1-6-8-19-34-29-21-25(3)30(26(4)22-29)35-20-15-10-9-14-18-32(7-2)24-28(31-33-5)23-27-16-12-11-13-17-27/h6,8,11-13,16-17,21-22H,7,9-10,14-15,18-20,23-24H2,1-5H3/b8-6+,31-28?. The third-order valence-corrected chi connectivity index (χ3v) is 5.96. The molecule has 0 bridgehead atoms. The van der Waals surface area contributed by atoms with Gasteiger partial charge in [0.1, 0.15) is 25.2 Å². The zero-order valence-corrected chi connectivity index (χ0v) is 22.4. The molecule has 0 radical (unpaired) electrons. The minimum Gasteiger partial charge on any atom is -0.493 e. The van der Waals surface area contributed by atoms with Crippen LogP contribution in [0.3, 0.4) is 0 Å². The fraction of sp³-hybridized carbons (Fsp3) is 0.500. The van der Waals surface area contributed by atoms with Gasteiger partial charge in [0.25, 0.3) is 0 Å². The quantitative estimate of drug-likeness (QED) is 0.109. The predicted molar refractivity (Wildman–Crippen MR) is 147 cm³/mol. The fourth-order valence-corrected chi connectivity index (χ4v) is 4.11. The lowest BCUT2D eigenvalue weighted by molar-refractivity contribution is 0.209. The van der Waals surface area contributed by atoms with E-state index in [4.69, 9.17) is 14.3 Å². The molecule has 0 aliphatic carbocycles. The van der Waals surface area contributed by atoms with Crippen molar-refractivity contribution in [3.8, 4) is 11.5 Å². The molecule has 2 rings (SSSR count). The van der Waals surface area contributed by atoms with Crippen molar-refractivity contribution in [2.45, 2.75) is 59.8 Å². The van der Waals surface area contributed by atoms with Crippen molar-refractivity contribution < 1.29 is 14.3 Å². The first-order chi connectivity index (χ1) is 17.1. The molecule has 0 N–H and O–H groups in total. The van der Waals surface area contributed by atoms with Gasteiger partial charge in [0.15, 0.2) is 0 Å². The number of unbranched alkanes of at least 4 members (excludes halogenated alkanes) is 3. The molecule has 192 valence electrons. The van der Waals surface area contributed by atoms with Crippen LogP contribution < -0.4 is 9.47 Å². The van der Waals surface area contributed by atoms with E-state index in [1.807, 2.05) is 25.1 Å². The SMILES string of the molecule is C/C=C/COc1cc(C)c(OCCCCCCN(CC)CC(Cc2ccccc2)=NOC)c(C)c1. The van der Waals surface area contributed by atoms with Gasteiger partial charge in [-0.15, -0.1) is 0 Å². The van der Waals surface area contributed by atoms with Crippen LogP contribution in [0.25, 0.3) is 0 Å². The number of ether oxygens (including phenoxy) is 2. The van der Waals surface area contributed by atoms with Crippen molar-refractivity contribution in [1.29, 1.82) is 0 Å². The molecule has 2 aromatic carbocycles. The molecule has 0 unspecified atom stereocenters. The van der Waals surface area contributed by atoms with E-state index < -0.39 is 0 Å². The van der Waals surface area contributed by atoms with E-state index >= 15 is 0 Å². The van der Waals surface area contributed by atoms with Gasteiger partial charge in [0.05, 0.1) is 12.3 Å². The first-order valence-corrected chi connectivity index (χ1v) is 12.9. The van der Waals surface area contributed by atoms with Crippen LogP contribution in [-0.2, 0) is 11.3 Å². The largest absolute Gasteiger partial charge is 0.493 e. The molecule has 0 amide bonds. The molecule has 5 heteroatoms. The van der Waals surface area contributed by atoms with Gasteiger partial charge in [-0.05, 0) is 75.5 Å². The second-order valence-electron chi connectivity index (χ2n) is 8.90. The van der Waals surface area contributed by atoms with Crippen LogP contribution in [0.4, 0.5) is 0 Å². The Balaban J connectivity index is 1.68. The maximum atomic E-state index is 6.12. The summed E-state index contributed by atoms with van der Waals surface area (Å²) in [5.41, 5.74) is 4.59. The van der Waals surface area contributed by atoms with Crippen LogP contribution >= 0.6 is 0 Å². The molecule has 0 heterocycles. The summed E-state index contributed by atoms with van der Waals surface area (Å²) in [4.78, 5) is 7.56. The molecule has 2 aromatic rings. The molecule has 0 saturated carbocycles. The van der Waals surface area contributed by atoms with Crippen molar-refractivity contribution in [1.82, 2.24) is 4.90 Å². The first-order valence-electron chi connectivity index (χ1n) is 12.9. The van der Waals surface area contributed by atoms with Crippen molar-refractivity contribution >= 4 is 5.71 Å². The highest BCUT2D eigenvalue weighted by molar-refractivity contribution is 5.88. The third-order valence-electron chi connectivity index (χ3n) is 5.96. The van der Waals surface area contributed by atoms with E-state index in [2.05, 4.69) is 67.2 Å². The summed E-state index contributed by atoms with van der Waals surface area (Å²) in [7, 11) is 1.62. The monoisotopic (exact) mass is 480 g/mol. The van der Waals surface area contributed by atoms with Crippen LogP contribution in [0.15, 0.2) is 59.8 Å². The van der Waals surface area contributed by atoms with Gasteiger partial charge < -0.3 is 14.3 Å². The van der Waals surface area contributed by atoms with E-state index in [0.29, 0.717) is 6.61 Å². The fourth-order valence-electron chi connectivity index (χ4n) is 4.11. The molecule has 0 spiro atoms. The molecular formula is C30H44N2O3. The first kappa shape index (κ1) is 28.4. The van der Waals surface area contributed by atoms with E-state index in [0.717, 1.165) is 67.4 Å². The van der Waals surface area contributed by atoms with Gasteiger partial charge in [-0.25, -0.2) is 0 Å². The number of aryl methyl sites for hydroxylation is 2. The molecular weight excluding hydrogens is 436 g/mol. The Labute approximate surface area is 212 Å². The van der Waals surface area contributed by atoms with Crippen molar-refractivity contribution in [2.75, 3.05) is 40.0 Å². The van der Waals surface area contributed by atoms with Gasteiger partial charge in [0, 0.05) is 13.0 Å². The number of hydrogen-bond acceptors (Lipinski definition) is 5. The summed E-state index contributed by atoms with van der Waals surface area (Å²) < 4.78 is 11.9. The maximum Gasteiger partial charge on any atom is 0.125 e. The Morgan fingerprint density at radius 1 is 0.971 bits per heavy atom. The summed E-state index contributed by atoms with van der Waals surface area (Å²) in [6, 6.07) is 14.6. The van der Waals surface area contributed by atoms with Crippen molar-refractivity contribution in [3.63, 3.8) is 0 Å². The molecule has 0 fully saturated rings. The van der Waals surface area contributed by atoms with E-state index in [1.165, 1.54) is 24.8 Å². The Morgan fingerprint density at radius 3 is 2.34 bits per heavy atom. The number of rotatable bonds is 17. The van der Waals surface area contributed by atoms with E-state index in [1.54, 1.807) is 7.11 Å². The lowest BCUT2D eigenvalue weighted by atomic mass is 10.1. The van der Waals surface area contributed by atoms with Gasteiger partial charge in [-0.1, -0.05) is 67.4 Å². The highest BCUT2D eigenvalue weighted by Crippen LogP contribution is 2.28. The minimum absolute atomic E-state index is 0.596. The molecule has 35 heavy (non-hydrogen) atoms. The second kappa shape index (κ2) is 16.8. The zero-order chi connectivity index (χ0) is 25.3. The smallest absolute Gasteiger partial charge is 0.125 e. The van der Waals surface area contributed by atoms with Crippen LogP contribution in [0.1, 0.15) is 56.2 Å². The number of nitrogens with zero attached hydrogens (tertiary/aromatic N) is 2. The van der Waals surface area contributed by atoms with Crippen LogP contribution in [-0.4, -0.2) is 50.6 Å². The topological polar surface area (TPSA) is 43.3 Å². The average Bonchev–Trinajstić information content (AvgIpc) is 2.85. The zero-order valence-electron chi connectivity index (χ0n) is 22.4. The lowest BCUT2D eigenvalue weighted by Crippen LogP contribution is -2.31. The lowest BCUT2D eigenvalue weighted by Gasteiger charge is -2.21. The minimum atomic E-state index is 0.596. The predicted octanol–water partition coefficient (Wildman–Crippen LogP) is 6.76. The maximum absolute atomic E-state index is 6.12. The summed E-state index contributed by atoms with van der Waals surface area (Å²) in [5.74, 6) is 1.89. The second-order valence-corrected chi connectivity index (χ2v) is 8.90. The summed E-state index contributed by atoms with van der Waals surface area (Å²) in [6.07, 6.45) is 9.44. The van der Waals surface area contributed by atoms with Crippen molar-refractivity contribution in [2.24, 2.45) is 5.16 Å². The molecule has 0 aromatic heterocycles. The van der Waals surface area contributed by atoms with Crippen molar-refractivity contribution in [3.05, 3.63) is 71.3 Å². The number of oxime groups is 1. The average molecular weight is 481 g/mol. The van der Waals surface area contributed by atoms with Gasteiger partial charge >= 0.3 is 0 Å². The van der Waals surface area contributed by atoms with Gasteiger partial charge in [-0.2, -0.15) is 0 Å².